The van der Waals surface area contributed by atoms with Crippen molar-refractivity contribution in [3.63, 3.8) is 0 Å². The monoisotopic (exact) mass is 392 g/mol. The zero-order chi connectivity index (χ0) is 18.9. The number of fused-ring (bicyclic) bond motifs is 1. The zero-order valence-electron chi connectivity index (χ0n) is 16.2. The first-order valence-electron chi connectivity index (χ1n) is 9.94. The fraction of sp³-hybridized carbons (Fsp3) is 0.667. The molecule has 4 rings (SSSR count). The molecule has 0 radical (unpaired) electrons. The number of nitrogens with zero attached hydrogens (tertiary/aromatic N) is 2. The van der Waals surface area contributed by atoms with E-state index in [2.05, 4.69) is 16.8 Å². The fourth-order valence-electron chi connectivity index (χ4n) is 4.41. The van der Waals surface area contributed by atoms with Gasteiger partial charge in [-0.25, -0.2) is 0 Å². The van der Waals surface area contributed by atoms with E-state index in [-0.39, 0.29) is 12.0 Å². The average Bonchev–Trinajstić information content (AvgIpc) is 2.66. The Balaban J connectivity index is 1.29. The number of hydrogen-bond acceptors (Lipinski definition) is 5. The lowest BCUT2D eigenvalue weighted by molar-refractivity contribution is -0.139. The minimum Gasteiger partial charge on any atom is -0.494 e. The SMILES string of the molecule is COC1=C(OCCCN2CCC3(CC2)COC3)C(C)C2N=CC=C(Cl)C2=C1. The molecule has 0 N–H and O–H groups in total. The highest BCUT2D eigenvalue weighted by Crippen LogP contribution is 2.39. The number of rotatable bonds is 6. The molecule has 5 nitrogen and oxygen atoms in total. The van der Waals surface area contributed by atoms with Crippen LogP contribution in [-0.4, -0.2) is 63.7 Å². The highest BCUT2D eigenvalue weighted by molar-refractivity contribution is 6.33. The molecule has 3 heterocycles. The van der Waals surface area contributed by atoms with Gasteiger partial charge in [0.25, 0.3) is 0 Å². The third kappa shape index (κ3) is 3.82. The predicted molar refractivity (Wildman–Crippen MR) is 107 cm³/mol. The summed E-state index contributed by atoms with van der Waals surface area (Å²) in [4.78, 5) is 7.14. The topological polar surface area (TPSA) is 43.3 Å². The minimum absolute atomic E-state index is 0.0133. The molecule has 0 aromatic heterocycles. The van der Waals surface area contributed by atoms with Crippen LogP contribution < -0.4 is 0 Å². The van der Waals surface area contributed by atoms with Gasteiger partial charge in [0, 0.05) is 29.1 Å². The molecule has 148 valence electrons. The van der Waals surface area contributed by atoms with Crippen molar-refractivity contribution in [3.05, 3.63) is 34.3 Å². The molecule has 0 amide bonds. The molecule has 0 saturated carbocycles. The van der Waals surface area contributed by atoms with Crippen LogP contribution in [0.4, 0.5) is 0 Å². The summed E-state index contributed by atoms with van der Waals surface area (Å²) in [5.74, 6) is 1.77. The first kappa shape index (κ1) is 19.0. The summed E-state index contributed by atoms with van der Waals surface area (Å²) in [7, 11) is 1.68. The second-order valence-electron chi connectivity index (χ2n) is 8.12. The van der Waals surface area contributed by atoms with Crippen molar-refractivity contribution >= 4 is 17.8 Å². The van der Waals surface area contributed by atoms with Gasteiger partial charge in [-0.15, -0.1) is 0 Å². The van der Waals surface area contributed by atoms with Gasteiger partial charge in [-0.05, 0) is 50.1 Å². The molecule has 1 spiro atoms. The first-order valence-corrected chi connectivity index (χ1v) is 10.3. The Kier molecular flexibility index (Phi) is 5.62. The Morgan fingerprint density at radius 1 is 1.33 bits per heavy atom. The molecule has 0 aromatic rings. The fourth-order valence-corrected chi connectivity index (χ4v) is 4.64. The molecule has 1 aliphatic carbocycles. The molecule has 2 unspecified atom stereocenters. The van der Waals surface area contributed by atoms with Gasteiger partial charge in [0.1, 0.15) is 5.76 Å². The summed E-state index contributed by atoms with van der Waals surface area (Å²) in [6.07, 6.45) is 9.14. The predicted octanol–water partition coefficient (Wildman–Crippen LogP) is 3.52. The van der Waals surface area contributed by atoms with Crippen molar-refractivity contribution in [2.45, 2.75) is 32.2 Å². The van der Waals surface area contributed by atoms with Crippen molar-refractivity contribution in [2.24, 2.45) is 16.3 Å². The van der Waals surface area contributed by atoms with Crippen LogP contribution in [0.2, 0.25) is 0 Å². The first-order chi connectivity index (χ1) is 13.1. The third-order valence-electron chi connectivity index (χ3n) is 6.31. The summed E-state index contributed by atoms with van der Waals surface area (Å²) in [6.45, 7) is 8.20. The molecule has 4 aliphatic rings. The van der Waals surface area contributed by atoms with Crippen molar-refractivity contribution in [3.8, 4) is 0 Å². The minimum atomic E-state index is 0.0133. The Morgan fingerprint density at radius 3 is 2.78 bits per heavy atom. The van der Waals surface area contributed by atoms with Crippen molar-refractivity contribution in [1.82, 2.24) is 4.90 Å². The average molecular weight is 393 g/mol. The van der Waals surface area contributed by atoms with Gasteiger partial charge in [-0.3, -0.25) is 4.99 Å². The largest absolute Gasteiger partial charge is 0.494 e. The quantitative estimate of drug-likeness (QED) is 0.649. The number of dihydropyridines is 1. The van der Waals surface area contributed by atoms with E-state index in [0.717, 1.165) is 48.3 Å². The molecule has 6 heteroatoms. The van der Waals surface area contributed by atoms with E-state index in [1.165, 1.54) is 25.9 Å². The summed E-state index contributed by atoms with van der Waals surface area (Å²) in [5, 5.41) is 0.732. The second-order valence-corrected chi connectivity index (χ2v) is 8.52. The van der Waals surface area contributed by atoms with Crippen LogP contribution in [0.5, 0.6) is 0 Å². The lowest BCUT2D eigenvalue weighted by atomic mass is 9.77. The summed E-state index contributed by atoms with van der Waals surface area (Å²) in [5.41, 5.74) is 1.52. The highest BCUT2D eigenvalue weighted by Gasteiger charge is 2.41. The van der Waals surface area contributed by atoms with Crippen LogP contribution in [0.15, 0.2) is 39.3 Å². The van der Waals surface area contributed by atoms with Crippen LogP contribution in [-0.2, 0) is 14.2 Å². The Hall–Kier alpha value is -1.30. The van der Waals surface area contributed by atoms with Crippen LogP contribution in [0.3, 0.4) is 0 Å². The third-order valence-corrected chi connectivity index (χ3v) is 6.65. The van der Waals surface area contributed by atoms with Gasteiger partial charge in [0.2, 0.25) is 0 Å². The lowest BCUT2D eigenvalue weighted by Gasteiger charge is -2.47. The molecular weight excluding hydrogens is 364 g/mol. The van der Waals surface area contributed by atoms with Crippen molar-refractivity contribution in [2.75, 3.05) is 46.6 Å². The number of piperidine rings is 1. The Morgan fingerprint density at radius 2 is 2.11 bits per heavy atom. The van der Waals surface area contributed by atoms with E-state index in [9.17, 15) is 0 Å². The standard InChI is InChI=1S/C21H29ClN2O3/c1-15-19-16(17(22)4-7-23-19)12-18(25-2)20(15)27-11-3-8-24-9-5-21(6-10-24)13-26-14-21/h4,7,12,15,19H,3,5-6,8-11,13-14H2,1-2H3. The molecule has 2 saturated heterocycles. The molecular formula is C21H29ClN2O3. The molecule has 2 fully saturated rings. The zero-order valence-corrected chi connectivity index (χ0v) is 17.0. The number of hydrogen-bond donors (Lipinski definition) is 0. The van der Waals surface area contributed by atoms with Crippen LogP contribution in [0.1, 0.15) is 26.2 Å². The maximum atomic E-state index is 6.34. The summed E-state index contributed by atoms with van der Waals surface area (Å²) >= 11 is 6.34. The van der Waals surface area contributed by atoms with E-state index in [0.29, 0.717) is 12.0 Å². The van der Waals surface area contributed by atoms with Gasteiger partial charge >= 0.3 is 0 Å². The summed E-state index contributed by atoms with van der Waals surface area (Å²) in [6, 6.07) is 0.0133. The smallest absolute Gasteiger partial charge is 0.157 e. The van der Waals surface area contributed by atoms with Gasteiger partial charge in [-0.2, -0.15) is 0 Å². The maximum Gasteiger partial charge on any atom is 0.157 e. The lowest BCUT2D eigenvalue weighted by Crippen LogP contribution is -2.51. The number of halogens is 1. The van der Waals surface area contributed by atoms with E-state index in [4.69, 9.17) is 25.8 Å². The van der Waals surface area contributed by atoms with Crippen molar-refractivity contribution in [1.29, 1.82) is 0 Å². The number of ether oxygens (including phenoxy) is 3. The molecule has 0 bridgehead atoms. The number of aliphatic imine (C=N–C) groups is 1. The van der Waals surface area contributed by atoms with Gasteiger partial charge in [0.05, 0.1) is 33.0 Å². The normalized spacial score (nSPS) is 29.7. The number of allylic oxidation sites excluding steroid dienone is 2. The molecule has 27 heavy (non-hydrogen) atoms. The van der Waals surface area contributed by atoms with Crippen molar-refractivity contribution < 1.29 is 14.2 Å². The van der Waals surface area contributed by atoms with E-state index < -0.39 is 0 Å². The molecule has 0 aromatic carbocycles. The summed E-state index contributed by atoms with van der Waals surface area (Å²) < 4.78 is 17.2. The second kappa shape index (κ2) is 7.98. The van der Waals surface area contributed by atoms with Gasteiger partial charge < -0.3 is 19.1 Å². The Bertz CT molecular complexity index is 684. The van der Waals surface area contributed by atoms with E-state index in [1.54, 1.807) is 13.3 Å². The molecule has 3 aliphatic heterocycles. The molecule has 2 atom stereocenters. The van der Waals surface area contributed by atoms with Gasteiger partial charge in [0.15, 0.2) is 5.76 Å². The highest BCUT2D eigenvalue weighted by atomic mass is 35.5. The van der Waals surface area contributed by atoms with E-state index >= 15 is 0 Å². The van der Waals surface area contributed by atoms with Gasteiger partial charge in [-0.1, -0.05) is 18.5 Å². The number of methoxy groups -OCH3 is 1. The van der Waals surface area contributed by atoms with Crippen LogP contribution in [0, 0.1) is 11.3 Å². The van der Waals surface area contributed by atoms with E-state index in [1.807, 2.05) is 12.2 Å². The maximum absolute atomic E-state index is 6.34. The van der Waals surface area contributed by atoms with Crippen LogP contribution >= 0.6 is 11.6 Å². The Labute approximate surface area is 166 Å². The number of likely N-dealkylation sites (tertiary alicyclic amines) is 1. The van der Waals surface area contributed by atoms with Crippen LogP contribution in [0.25, 0.3) is 0 Å².